The molecule has 2 heterocycles. The van der Waals surface area contributed by atoms with E-state index >= 15 is 0 Å². The SMILES string of the molecule is CC1CN(c2nccc(I)c2F)CC(C)O1. The summed E-state index contributed by atoms with van der Waals surface area (Å²) in [6.45, 7) is 5.37. The van der Waals surface area contributed by atoms with Crippen LogP contribution in [0.3, 0.4) is 0 Å². The summed E-state index contributed by atoms with van der Waals surface area (Å²) in [7, 11) is 0. The van der Waals surface area contributed by atoms with Gasteiger partial charge in [0.1, 0.15) is 0 Å². The Morgan fingerprint density at radius 2 is 2.06 bits per heavy atom. The highest BCUT2D eigenvalue weighted by molar-refractivity contribution is 14.1. The number of halogens is 2. The molecule has 0 amide bonds. The molecule has 5 heteroatoms. The molecule has 1 aliphatic rings. The third-order valence-corrected chi connectivity index (χ3v) is 3.38. The van der Waals surface area contributed by atoms with Gasteiger partial charge in [0, 0.05) is 19.3 Å². The minimum Gasteiger partial charge on any atom is -0.372 e. The van der Waals surface area contributed by atoms with E-state index in [1.54, 1.807) is 12.3 Å². The first-order chi connectivity index (χ1) is 7.58. The third-order valence-electron chi connectivity index (χ3n) is 2.54. The second-order valence-electron chi connectivity index (χ2n) is 4.09. The zero-order valence-corrected chi connectivity index (χ0v) is 11.4. The van der Waals surface area contributed by atoms with Crippen LogP contribution in [-0.2, 0) is 4.74 Å². The Labute approximate surface area is 108 Å². The lowest BCUT2D eigenvalue weighted by Crippen LogP contribution is -2.46. The van der Waals surface area contributed by atoms with Crippen molar-refractivity contribution in [3.63, 3.8) is 0 Å². The number of morpholine rings is 1. The number of hydrogen-bond donors (Lipinski definition) is 0. The van der Waals surface area contributed by atoms with Gasteiger partial charge in [0.05, 0.1) is 15.8 Å². The summed E-state index contributed by atoms with van der Waals surface area (Å²) in [6.07, 6.45) is 1.87. The Bertz CT molecular complexity index is 378. The van der Waals surface area contributed by atoms with E-state index in [9.17, 15) is 4.39 Å². The number of rotatable bonds is 1. The molecule has 1 aliphatic heterocycles. The van der Waals surface area contributed by atoms with E-state index in [0.717, 1.165) is 0 Å². The third kappa shape index (κ3) is 2.45. The number of anilines is 1. The highest BCUT2D eigenvalue weighted by atomic mass is 127. The Kier molecular flexibility index (Phi) is 3.63. The quantitative estimate of drug-likeness (QED) is 0.737. The zero-order valence-electron chi connectivity index (χ0n) is 9.28. The maximum Gasteiger partial charge on any atom is 0.178 e. The van der Waals surface area contributed by atoms with E-state index in [-0.39, 0.29) is 18.0 Å². The summed E-state index contributed by atoms with van der Waals surface area (Å²) in [5.41, 5.74) is 0. The standard InChI is InChI=1S/C11H14FIN2O/c1-7-5-15(6-8(2)16-7)11-10(12)9(13)3-4-14-11/h3-4,7-8H,5-6H2,1-2H3. The second-order valence-corrected chi connectivity index (χ2v) is 5.25. The van der Waals surface area contributed by atoms with Crippen LogP contribution in [0.1, 0.15) is 13.8 Å². The fourth-order valence-corrected chi connectivity index (χ4v) is 2.38. The lowest BCUT2D eigenvalue weighted by atomic mass is 10.2. The minimum absolute atomic E-state index is 0.114. The smallest absolute Gasteiger partial charge is 0.178 e. The van der Waals surface area contributed by atoms with Crippen LogP contribution in [0, 0.1) is 9.39 Å². The molecular formula is C11H14FIN2O. The number of pyridine rings is 1. The molecule has 2 unspecified atom stereocenters. The van der Waals surface area contributed by atoms with Crippen molar-refractivity contribution in [2.24, 2.45) is 0 Å². The van der Waals surface area contributed by atoms with Crippen LogP contribution in [-0.4, -0.2) is 30.3 Å². The molecule has 0 saturated carbocycles. The first-order valence-corrected chi connectivity index (χ1v) is 6.36. The highest BCUT2D eigenvalue weighted by Gasteiger charge is 2.25. The van der Waals surface area contributed by atoms with Crippen LogP contribution in [0.15, 0.2) is 12.3 Å². The molecule has 16 heavy (non-hydrogen) atoms. The van der Waals surface area contributed by atoms with Crippen molar-refractivity contribution in [1.82, 2.24) is 4.98 Å². The largest absolute Gasteiger partial charge is 0.372 e. The second kappa shape index (κ2) is 4.83. The number of hydrogen-bond acceptors (Lipinski definition) is 3. The summed E-state index contributed by atoms with van der Waals surface area (Å²) >= 11 is 1.98. The Hall–Kier alpha value is -0.430. The van der Waals surface area contributed by atoms with Crippen molar-refractivity contribution in [1.29, 1.82) is 0 Å². The molecule has 3 nitrogen and oxygen atoms in total. The van der Waals surface area contributed by atoms with E-state index < -0.39 is 0 Å². The fourth-order valence-electron chi connectivity index (χ4n) is 1.98. The van der Waals surface area contributed by atoms with Gasteiger partial charge in [-0.25, -0.2) is 9.37 Å². The molecule has 0 aromatic carbocycles. The summed E-state index contributed by atoms with van der Waals surface area (Å²) in [5.74, 6) is 0.207. The molecule has 2 rings (SSSR count). The zero-order chi connectivity index (χ0) is 11.7. The van der Waals surface area contributed by atoms with Gasteiger partial charge in [0.2, 0.25) is 0 Å². The van der Waals surface area contributed by atoms with Crippen LogP contribution < -0.4 is 4.90 Å². The first kappa shape index (κ1) is 12.0. The average molecular weight is 336 g/mol. The summed E-state index contributed by atoms with van der Waals surface area (Å²) in [4.78, 5) is 6.08. The van der Waals surface area contributed by atoms with Crippen LogP contribution in [0.2, 0.25) is 0 Å². The lowest BCUT2D eigenvalue weighted by Gasteiger charge is -2.36. The van der Waals surface area contributed by atoms with Crippen molar-refractivity contribution in [2.75, 3.05) is 18.0 Å². The molecule has 1 saturated heterocycles. The molecule has 0 N–H and O–H groups in total. The van der Waals surface area contributed by atoms with Gasteiger partial charge in [-0.2, -0.15) is 0 Å². The van der Waals surface area contributed by atoms with Crippen molar-refractivity contribution < 1.29 is 9.13 Å². The van der Waals surface area contributed by atoms with Gasteiger partial charge in [0.25, 0.3) is 0 Å². The van der Waals surface area contributed by atoms with Gasteiger partial charge in [-0.15, -0.1) is 0 Å². The number of aromatic nitrogens is 1. The lowest BCUT2D eigenvalue weighted by molar-refractivity contribution is -0.00565. The predicted molar refractivity (Wildman–Crippen MR) is 69.1 cm³/mol. The molecule has 1 aromatic rings. The molecule has 2 atom stereocenters. The fraction of sp³-hybridized carbons (Fsp3) is 0.545. The molecular weight excluding hydrogens is 322 g/mol. The van der Waals surface area contributed by atoms with Gasteiger partial charge in [0.15, 0.2) is 11.6 Å². The predicted octanol–water partition coefficient (Wildman–Crippen LogP) is 2.44. The average Bonchev–Trinajstić information content (AvgIpc) is 2.20. The van der Waals surface area contributed by atoms with Crippen molar-refractivity contribution in [3.05, 3.63) is 21.7 Å². The van der Waals surface area contributed by atoms with E-state index in [0.29, 0.717) is 22.5 Å². The molecule has 0 bridgehead atoms. The highest BCUT2D eigenvalue weighted by Crippen LogP contribution is 2.23. The van der Waals surface area contributed by atoms with Crippen LogP contribution >= 0.6 is 22.6 Å². The summed E-state index contributed by atoms with van der Waals surface area (Å²) in [5, 5.41) is 0. The van der Waals surface area contributed by atoms with E-state index in [1.165, 1.54) is 0 Å². The molecule has 1 fully saturated rings. The monoisotopic (exact) mass is 336 g/mol. The number of nitrogens with zero attached hydrogens (tertiary/aromatic N) is 2. The minimum atomic E-state index is -0.232. The van der Waals surface area contributed by atoms with E-state index in [1.807, 2.05) is 41.3 Å². The first-order valence-electron chi connectivity index (χ1n) is 5.28. The maximum absolute atomic E-state index is 13.9. The van der Waals surface area contributed by atoms with Gasteiger partial charge in [-0.05, 0) is 42.5 Å². The normalized spacial score (nSPS) is 25.9. The Balaban J connectivity index is 2.26. The Morgan fingerprint density at radius 1 is 1.44 bits per heavy atom. The van der Waals surface area contributed by atoms with Crippen molar-refractivity contribution in [3.8, 4) is 0 Å². The number of ether oxygens (including phenoxy) is 1. The molecule has 0 aliphatic carbocycles. The molecule has 1 aromatic heterocycles. The maximum atomic E-state index is 13.9. The molecule has 0 radical (unpaired) electrons. The van der Waals surface area contributed by atoms with Gasteiger partial charge in [-0.1, -0.05) is 0 Å². The summed E-state index contributed by atoms with van der Waals surface area (Å²) in [6, 6.07) is 1.67. The van der Waals surface area contributed by atoms with Crippen LogP contribution in [0.25, 0.3) is 0 Å². The van der Waals surface area contributed by atoms with Crippen molar-refractivity contribution in [2.45, 2.75) is 26.1 Å². The van der Waals surface area contributed by atoms with Gasteiger partial charge < -0.3 is 9.64 Å². The van der Waals surface area contributed by atoms with Crippen molar-refractivity contribution >= 4 is 28.4 Å². The topological polar surface area (TPSA) is 25.4 Å². The van der Waals surface area contributed by atoms with E-state index in [2.05, 4.69) is 4.98 Å². The molecule has 88 valence electrons. The van der Waals surface area contributed by atoms with Crippen LogP contribution in [0.5, 0.6) is 0 Å². The van der Waals surface area contributed by atoms with Gasteiger partial charge >= 0.3 is 0 Å². The van der Waals surface area contributed by atoms with E-state index in [4.69, 9.17) is 4.74 Å². The van der Waals surface area contributed by atoms with Gasteiger partial charge in [-0.3, -0.25) is 0 Å². The summed E-state index contributed by atoms with van der Waals surface area (Å²) < 4.78 is 20.1. The Morgan fingerprint density at radius 3 is 2.69 bits per heavy atom. The molecule has 0 spiro atoms. The van der Waals surface area contributed by atoms with Crippen LogP contribution in [0.4, 0.5) is 10.2 Å².